The standard InChI is InChI=1S/C13H18F2N2O/c1-18-13-11(14)3-2-10(12(13)15)4-7-17-8-5-16-6-9-17/h2-3,16H,4-9H2,1H3. The van der Waals surface area contributed by atoms with E-state index >= 15 is 0 Å². The van der Waals surface area contributed by atoms with Gasteiger partial charge in [0.25, 0.3) is 0 Å². The van der Waals surface area contributed by atoms with E-state index < -0.39 is 11.6 Å². The van der Waals surface area contributed by atoms with Crippen LogP contribution in [0.3, 0.4) is 0 Å². The van der Waals surface area contributed by atoms with Crippen LogP contribution in [-0.2, 0) is 6.42 Å². The highest BCUT2D eigenvalue weighted by Crippen LogP contribution is 2.24. The van der Waals surface area contributed by atoms with Crippen LogP contribution in [0.5, 0.6) is 5.75 Å². The molecule has 3 nitrogen and oxygen atoms in total. The molecule has 0 atom stereocenters. The first-order chi connectivity index (χ1) is 8.72. The SMILES string of the molecule is COc1c(F)ccc(CCN2CCNCC2)c1F. The first-order valence-electron chi connectivity index (χ1n) is 6.16. The van der Waals surface area contributed by atoms with Crippen LogP contribution in [0.4, 0.5) is 8.78 Å². The number of rotatable bonds is 4. The Hall–Kier alpha value is -1.20. The fourth-order valence-corrected chi connectivity index (χ4v) is 2.17. The third-order valence-corrected chi connectivity index (χ3v) is 3.24. The monoisotopic (exact) mass is 256 g/mol. The van der Waals surface area contributed by atoms with E-state index in [2.05, 4.69) is 10.2 Å². The average Bonchev–Trinajstić information content (AvgIpc) is 2.40. The highest BCUT2D eigenvalue weighted by Gasteiger charge is 2.15. The lowest BCUT2D eigenvalue weighted by atomic mass is 10.1. The summed E-state index contributed by atoms with van der Waals surface area (Å²) < 4.78 is 31.9. The fourth-order valence-electron chi connectivity index (χ4n) is 2.17. The van der Waals surface area contributed by atoms with Crippen molar-refractivity contribution < 1.29 is 13.5 Å². The van der Waals surface area contributed by atoms with Crippen LogP contribution >= 0.6 is 0 Å². The molecule has 1 aliphatic rings. The van der Waals surface area contributed by atoms with E-state index in [0.29, 0.717) is 12.0 Å². The zero-order valence-corrected chi connectivity index (χ0v) is 10.5. The zero-order chi connectivity index (χ0) is 13.0. The lowest BCUT2D eigenvalue weighted by Gasteiger charge is -2.27. The summed E-state index contributed by atoms with van der Waals surface area (Å²) in [6, 6.07) is 2.75. The van der Waals surface area contributed by atoms with Crippen molar-refractivity contribution in [3.63, 3.8) is 0 Å². The van der Waals surface area contributed by atoms with Gasteiger partial charge in [-0.05, 0) is 18.1 Å². The molecule has 0 saturated carbocycles. The second-order valence-electron chi connectivity index (χ2n) is 4.40. The molecule has 1 aliphatic heterocycles. The molecule has 0 bridgehead atoms. The Balaban J connectivity index is 2.00. The predicted molar refractivity (Wildman–Crippen MR) is 65.9 cm³/mol. The third-order valence-electron chi connectivity index (χ3n) is 3.24. The Labute approximate surface area is 106 Å². The van der Waals surface area contributed by atoms with Crippen LogP contribution < -0.4 is 10.1 Å². The van der Waals surface area contributed by atoms with Crippen molar-refractivity contribution in [2.75, 3.05) is 39.8 Å². The largest absolute Gasteiger partial charge is 0.491 e. The molecule has 1 aromatic rings. The molecule has 0 aromatic heterocycles. The molecule has 0 aliphatic carbocycles. The summed E-state index contributed by atoms with van der Waals surface area (Å²) in [6.07, 6.45) is 0.572. The molecule has 1 aromatic carbocycles. The van der Waals surface area contributed by atoms with Crippen molar-refractivity contribution in [1.82, 2.24) is 10.2 Å². The number of benzene rings is 1. The number of methoxy groups -OCH3 is 1. The van der Waals surface area contributed by atoms with Gasteiger partial charge >= 0.3 is 0 Å². The molecule has 0 radical (unpaired) electrons. The smallest absolute Gasteiger partial charge is 0.190 e. The Morgan fingerprint density at radius 1 is 1.28 bits per heavy atom. The number of nitrogens with zero attached hydrogens (tertiary/aromatic N) is 1. The van der Waals surface area contributed by atoms with Crippen molar-refractivity contribution in [3.8, 4) is 5.75 Å². The Kier molecular flexibility index (Phi) is 4.49. The molecule has 100 valence electrons. The molecule has 0 amide bonds. The minimum atomic E-state index is -0.652. The van der Waals surface area contributed by atoms with E-state index in [1.807, 2.05) is 0 Å². The second-order valence-corrected chi connectivity index (χ2v) is 4.40. The molecular weight excluding hydrogens is 238 g/mol. The number of halogens is 2. The Morgan fingerprint density at radius 2 is 2.00 bits per heavy atom. The van der Waals surface area contributed by atoms with Crippen LogP contribution in [0.2, 0.25) is 0 Å². The summed E-state index contributed by atoms with van der Waals surface area (Å²) in [4.78, 5) is 2.27. The molecule has 1 saturated heterocycles. The van der Waals surface area contributed by atoms with Gasteiger partial charge < -0.3 is 15.0 Å². The number of hydrogen-bond donors (Lipinski definition) is 1. The van der Waals surface area contributed by atoms with E-state index in [9.17, 15) is 8.78 Å². The molecule has 5 heteroatoms. The van der Waals surface area contributed by atoms with Gasteiger partial charge in [-0.3, -0.25) is 0 Å². The van der Waals surface area contributed by atoms with Crippen molar-refractivity contribution in [1.29, 1.82) is 0 Å². The highest BCUT2D eigenvalue weighted by atomic mass is 19.1. The summed E-state index contributed by atoms with van der Waals surface area (Å²) >= 11 is 0. The normalized spacial score (nSPS) is 16.8. The molecule has 1 heterocycles. The number of nitrogens with one attached hydrogen (secondary N) is 1. The van der Waals surface area contributed by atoms with Gasteiger partial charge in [0, 0.05) is 32.7 Å². The van der Waals surface area contributed by atoms with Crippen LogP contribution in [-0.4, -0.2) is 44.7 Å². The third kappa shape index (κ3) is 2.97. The van der Waals surface area contributed by atoms with E-state index in [4.69, 9.17) is 4.74 Å². The van der Waals surface area contributed by atoms with Gasteiger partial charge in [0.2, 0.25) is 0 Å². The summed E-state index contributed by atoms with van der Waals surface area (Å²) in [5, 5.41) is 3.26. The van der Waals surface area contributed by atoms with Crippen LogP contribution in [0.15, 0.2) is 12.1 Å². The lowest BCUT2D eigenvalue weighted by Crippen LogP contribution is -2.44. The van der Waals surface area contributed by atoms with Crippen molar-refractivity contribution in [3.05, 3.63) is 29.3 Å². The second kappa shape index (κ2) is 6.11. The summed E-state index contributed by atoms with van der Waals surface area (Å²) in [7, 11) is 1.28. The van der Waals surface area contributed by atoms with Crippen molar-refractivity contribution >= 4 is 0 Å². The van der Waals surface area contributed by atoms with Gasteiger partial charge in [0.15, 0.2) is 17.4 Å². The molecule has 0 unspecified atom stereocenters. The Bertz CT molecular complexity index is 406. The highest BCUT2D eigenvalue weighted by molar-refractivity contribution is 5.32. The molecule has 2 rings (SSSR count). The minimum absolute atomic E-state index is 0.284. The quantitative estimate of drug-likeness (QED) is 0.882. The summed E-state index contributed by atoms with van der Waals surface area (Å²) in [6.45, 7) is 4.66. The van der Waals surface area contributed by atoms with Gasteiger partial charge in [-0.25, -0.2) is 8.78 Å². The summed E-state index contributed by atoms with van der Waals surface area (Å²) in [5.74, 6) is -1.51. The predicted octanol–water partition coefficient (Wildman–Crippen LogP) is 1.42. The summed E-state index contributed by atoms with van der Waals surface area (Å²) in [5.41, 5.74) is 0.506. The minimum Gasteiger partial charge on any atom is -0.491 e. The van der Waals surface area contributed by atoms with E-state index in [0.717, 1.165) is 32.7 Å². The van der Waals surface area contributed by atoms with Crippen LogP contribution in [0, 0.1) is 11.6 Å². The van der Waals surface area contributed by atoms with E-state index in [1.54, 1.807) is 0 Å². The molecule has 1 fully saturated rings. The lowest BCUT2D eigenvalue weighted by molar-refractivity contribution is 0.242. The van der Waals surface area contributed by atoms with Gasteiger partial charge in [0.1, 0.15) is 0 Å². The van der Waals surface area contributed by atoms with Gasteiger partial charge in [0.05, 0.1) is 7.11 Å². The average molecular weight is 256 g/mol. The van der Waals surface area contributed by atoms with Crippen LogP contribution in [0.25, 0.3) is 0 Å². The topological polar surface area (TPSA) is 24.5 Å². The number of hydrogen-bond acceptors (Lipinski definition) is 3. The van der Waals surface area contributed by atoms with Gasteiger partial charge in [-0.2, -0.15) is 0 Å². The molecule has 18 heavy (non-hydrogen) atoms. The Morgan fingerprint density at radius 3 is 2.67 bits per heavy atom. The maximum atomic E-state index is 13.9. The van der Waals surface area contributed by atoms with Gasteiger partial charge in [-0.1, -0.05) is 6.07 Å². The van der Waals surface area contributed by atoms with Crippen molar-refractivity contribution in [2.24, 2.45) is 0 Å². The molecular formula is C13H18F2N2O. The number of piperazine rings is 1. The first kappa shape index (κ1) is 13.2. The maximum absolute atomic E-state index is 13.9. The molecule has 1 N–H and O–H groups in total. The first-order valence-corrected chi connectivity index (χ1v) is 6.16. The fraction of sp³-hybridized carbons (Fsp3) is 0.538. The van der Waals surface area contributed by atoms with Crippen LogP contribution in [0.1, 0.15) is 5.56 Å². The van der Waals surface area contributed by atoms with E-state index in [1.165, 1.54) is 19.2 Å². The van der Waals surface area contributed by atoms with E-state index in [-0.39, 0.29) is 5.75 Å². The number of ether oxygens (including phenoxy) is 1. The van der Waals surface area contributed by atoms with Gasteiger partial charge in [-0.15, -0.1) is 0 Å². The zero-order valence-electron chi connectivity index (χ0n) is 10.5. The van der Waals surface area contributed by atoms with Crippen molar-refractivity contribution in [2.45, 2.75) is 6.42 Å². The molecule has 0 spiro atoms. The maximum Gasteiger partial charge on any atom is 0.190 e.